The van der Waals surface area contributed by atoms with Crippen LogP contribution in [0.5, 0.6) is 0 Å². The van der Waals surface area contributed by atoms with E-state index < -0.39 is 0 Å². The zero-order valence-corrected chi connectivity index (χ0v) is 9.02. The minimum absolute atomic E-state index is 0.815. The Kier molecular flexibility index (Phi) is 2.74. The highest BCUT2D eigenvalue weighted by Crippen LogP contribution is 2.28. The first-order valence-electron chi connectivity index (χ1n) is 4.81. The Labute approximate surface area is 88.4 Å². The van der Waals surface area contributed by atoms with Gasteiger partial charge in [0, 0.05) is 6.20 Å². The highest BCUT2D eigenvalue weighted by atomic mass is 32.2. The summed E-state index contributed by atoms with van der Waals surface area (Å²) >= 11 is 1.56. The molecule has 0 unspecified atom stereocenters. The Hall–Kier alpha value is -1.01. The molecule has 1 aliphatic rings. The largest absolute Gasteiger partial charge is 0.248 e. The SMILES string of the molecule is CSc1ncc2c(c1C#N)CCCC2. The van der Waals surface area contributed by atoms with Crippen molar-refractivity contribution in [1.82, 2.24) is 4.98 Å². The third-order valence-electron chi connectivity index (χ3n) is 2.67. The van der Waals surface area contributed by atoms with Gasteiger partial charge in [0.05, 0.1) is 5.56 Å². The molecule has 1 aromatic heterocycles. The van der Waals surface area contributed by atoms with E-state index in [1.54, 1.807) is 11.8 Å². The Morgan fingerprint density at radius 1 is 1.43 bits per heavy atom. The number of hydrogen-bond acceptors (Lipinski definition) is 3. The van der Waals surface area contributed by atoms with E-state index >= 15 is 0 Å². The molecule has 0 aliphatic heterocycles. The van der Waals surface area contributed by atoms with Crippen molar-refractivity contribution >= 4 is 11.8 Å². The van der Waals surface area contributed by atoms with E-state index in [0.29, 0.717) is 0 Å². The molecule has 0 amide bonds. The number of aromatic nitrogens is 1. The monoisotopic (exact) mass is 204 g/mol. The van der Waals surface area contributed by atoms with E-state index in [1.807, 2.05) is 12.5 Å². The van der Waals surface area contributed by atoms with Crippen LogP contribution in [0, 0.1) is 11.3 Å². The first kappa shape index (κ1) is 9.54. The lowest BCUT2D eigenvalue weighted by Gasteiger charge is -2.17. The maximum absolute atomic E-state index is 9.10. The predicted molar refractivity (Wildman–Crippen MR) is 57.4 cm³/mol. The maximum Gasteiger partial charge on any atom is 0.114 e. The number of thioether (sulfide) groups is 1. The minimum atomic E-state index is 0.815. The van der Waals surface area contributed by atoms with Gasteiger partial charge in [-0.1, -0.05) is 0 Å². The van der Waals surface area contributed by atoms with Crippen LogP contribution < -0.4 is 0 Å². The van der Waals surface area contributed by atoms with Crippen LogP contribution in [0.4, 0.5) is 0 Å². The van der Waals surface area contributed by atoms with Crippen LogP contribution in [-0.2, 0) is 12.8 Å². The van der Waals surface area contributed by atoms with Crippen molar-refractivity contribution in [2.75, 3.05) is 6.26 Å². The van der Waals surface area contributed by atoms with E-state index in [0.717, 1.165) is 23.4 Å². The zero-order chi connectivity index (χ0) is 9.97. The van der Waals surface area contributed by atoms with Crippen LogP contribution in [0.1, 0.15) is 29.5 Å². The van der Waals surface area contributed by atoms with Crippen molar-refractivity contribution in [3.63, 3.8) is 0 Å². The molecular formula is C11H12N2S. The summed E-state index contributed by atoms with van der Waals surface area (Å²) < 4.78 is 0. The maximum atomic E-state index is 9.10. The van der Waals surface area contributed by atoms with Crippen molar-refractivity contribution in [3.05, 3.63) is 22.9 Å². The van der Waals surface area contributed by atoms with E-state index in [-0.39, 0.29) is 0 Å². The Morgan fingerprint density at radius 3 is 2.93 bits per heavy atom. The Balaban J connectivity index is 2.57. The van der Waals surface area contributed by atoms with Crippen LogP contribution in [0.25, 0.3) is 0 Å². The molecule has 0 atom stereocenters. The topological polar surface area (TPSA) is 36.7 Å². The Bertz CT molecular complexity index is 393. The number of hydrogen-bond donors (Lipinski definition) is 0. The van der Waals surface area contributed by atoms with Crippen LogP contribution in [-0.4, -0.2) is 11.2 Å². The average molecular weight is 204 g/mol. The summed E-state index contributed by atoms with van der Waals surface area (Å²) in [6.07, 6.45) is 8.50. The second kappa shape index (κ2) is 4.02. The fraction of sp³-hybridized carbons (Fsp3) is 0.455. The number of pyridine rings is 1. The number of rotatable bonds is 1. The second-order valence-electron chi connectivity index (χ2n) is 3.47. The van der Waals surface area contributed by atoms with Crippen molar-refractivity contribution in [3.8, 4) is 6.07 Å². The number of fused-ring (bicyclic) bond motifs is 1. The van der Waals surface area contributed by atoms with Gasteiger partial charge in [-0.2, -0.15) is 5.26 Å². The lowest BCUT2D eigenvalue weighted by molar-refractivity contribution is 0.676. The molecule has 0 fully saturated rings. The standard InChI is InChI=1S/C11H12N2S/c1-14-11-10(6-12)9-5-3-2-4-8(9)7-13-11/h7H,2-5H2,1H3. The van der Waals surface area contributed by atoms with Crippen molar-refractivity contribution in [1.29, 1.82) is 5.26 Å². The average Bonchev–Trinajstić information content (AvgIpc) is 2.27. The number of aryl methyl sites for hydroxylation is 1. The number of nitrogens with zero attached hydrogens (tertiary/aromatic N) is 2. The molecule has 2 nitrogen and oxygen atoms in total. The van der Waals surface area contributed by atoms with Gasteiger partial charge in [-0.25, -0.2) is 4.98 Å². The molecule has 0 spiro atoms. The van der Waals surface area contributed by atoms with Gasteiger partial charge in [-0.05, 0) is 43.1 Å². The fourth-order valence-electron chi connectivity index (χ4n) is 1.96. The van der Waals surface area contributed by atoms with Gasteiger partial charge in [-0.15, -0.1) is 11.8 Å². The molecule has 2 rings (SSSR count). The van der Waals surface area contributed by atoms with E-state index in [2.05, 4.69) is 11.1 Å². The van der Waals surface area contributed by atoms with Gasteiger partial charge in [0.15, 0.2) is 0 Å². The normalized spacial score (nSPS) is 14.6. The predicted octanol–water partition coefficient (Wildman–Crippen LogP) is 2.55. The summed E-state index contributed by atoms with van der Waals surface area (Å²) in [5, 5.41) is 9.98. The summed E-state index contributed by atoms with van der Waals surface area (Å²) in [4.78, 5) is 4.32. The zero-order valence-electron chi connectivity index (χ0n) is 8.21. The smallest absolute Gasteiger partial charge is 0.114 e. The van der Waals surface area contributed by atoms with Gasteiger partial charge < -0.3 is 0 Å². The fourth-order valence-corrected chi connectivity index (χ4v) is 2.49. The van der Waals surface area contributed by atoms with Crippen LogP contribution >= 0.6 is 11.8 Å². The second-order valence-corrected chi connectivity index (χ2v) is 4.26. The van der Waals surface area contributed by atoms with Crippen LogP contribution in [0.3, 0.4) is 0 Å². The summed E-state index contributed by atoms with van der Waals surface area (Å²) in [5.74, 6) is 0. The highest BCUT2D eigenvalue weighted by molar-refractivity contribution is 7.98. The third-order valence-corrected chi connectivity index (χ3v) is 3.37. The molecule has 0 N–H and O–H groups in total. The number of nitriles is 1. The summed E-state index contributed by atoms with van der Waals surface area (Å²) in [6.45, 7) is 0. The minimum Gasteiger partial charge on any atom is -0.248 e. The van der Waals surface area contributed by atoms with Gasteiger partial charge in [-0.3, -0.25) is 0 Å². The summed E-state index contributed by atoms with van der Waals surface area (Å²) in [6, 6.07) is 2.29. The lowest BCUT2D eigenvalue weighted by Crippen LogP contribution is -2.07. The van der Waals surface area contributed by atoms with E-state index in [1.165, 1.54) is 24.0 Å². The lowest BCUT2D eigenvalue weighted by atomic mass is 9.90. The van der Waals surface area contributed by atoms with Crippen molar-refractivity contribution in [2.24, 2.45) is 0 Å². The molecule has 0 bridgehead atoms. The van der Waals surface area contributed by atoms with Crippen LogP contribution in [0.2, 0.25) is 0 Å². The summed E-state index contributed by atoms with van der Waals surface area (Å²) in [7, 11) is 0. The Morgan fingerprint density at radius 2 is 2.21 bits per heavy atom. The van der Waals surface area contributed by atoms with Crippen molar-refractivity contribution < 1.29 is 0 Å². The first-order chi connectivity index (χ1) is 6.86. The molecule has 1 aromatic rings. The molecule has 0 aromatic carbocycles. The van der Waals surface area contributed by atoms with E-state index in [4.69, 9.17) is 5.26 Å². The molecular weight excluding hydrogens is 192 g/mol. The van der Waals surface area contributed by atoms with Gasteiger partial charge >= 0.3 is 0 Å². The van der Waals surface area contributed by atoms with Crippen molar-refractivity contribution in [2.45, 2.75) is 30.7 Å². The summed E-state index contributed by atoms with van der Waals surface area (Å²) in [5.41, 5.74) is 3.35. The molecule has 0 radical (unpaired) electrons. The first-order valence-corrected chi connectivity index (χ1v) is 6.04. The van der Waals surface area contributed by atoms with Gasteiger partial charge in [0.1, 0.15) is 11.1 Å². The molecule has 72 valence electrons. The van der Waals surface area contributed by atoms with Crippen LogP contribution in [0.15, 0.2) is 11.2 Å². The highest BCUT2D eigenvalue weighted by Gasteiger charge is 2.16. The molecule has 3 heteroatoms. The molecule has 14 heavy (non-hydrogen) atoms. The molecule has 0 saturated carbocycles. The van der Waals surface area contributed by atoms with E-state index in [9.17, 15) is 0 Å². The van der Waals surface area contributed by atoms with Gasteiger partial charge in [0.25, 0.3) is 0 Å². The molecule has 1 heterocycles. The quantitative estimate of drug-likeness (QED) is 0.660. The molecule has 0 saturated heterocycles. The van der Waals surface area contributed by atoms with Gasteiger partial charge in [0.2, 0.25) is 0 Å². The third kappa shape index (κ3) is 1.51. The molecule has 1 aliphatic carbocycles.